The Labute approximate surface area is 150 Å². The summed E-state index contributed by atoms with van der Waals surface area (Å²) in [6.07, 6.45) is 2.65. The number of anilines is 1. The smallest absolute Gasteiger partial charge is 0.189 e. The molecule has 0 amide bonds. The Morgan fingerprint density at radius 2 is 2.00 bits per heavy atom. The first-order valence-electron chi connectivity index (χ1n) is 8.95. The summed E-state index contributed by atoms with van der Waals surface area (Å²) in [4.78, 5) is 14.3. The maximum Gasteiger partial charge on any atom is 0.189 e. The summed E-state index contributed by atoms with van der Waals surface area (Å²) in [5.74, 6) is 0.103. The van der Waals surface area contributed by atoms with Crippen molar-refractivity contribution in [1.29, 1.82) is 0 Å². The highest BCUT2D eigenvalue weighted by atomic mass is 19.1. The molecule has 0 bridgehead atoms. The number of fused-ring (bicyclic) bond motifs is 1. The molecule has 2 aliphatic heterocycles. The van der Waals surface area contributed by atoms with Crippen molar-refractivity contribution in [1.82, 2.24) is 4.57 Å². The number of hydrogen-bond donors (Lipinski definition) is 0. The summed E-state index contributed by atoms with van der Waals surface area (Å²) >= 11 is 0. The lowest BCUT2D eigenvalue weighted by Gasteiger charge is -2.35. The average Bonchev–Trinajstić information content (AvgIpc) is 2.66. The van der Waals surface area contributed by atoms with Crippen LogP contribution in [-0.4, -0.2) is 17.7 Å². The van der Waals surface area contributed by atoms with E-state index in [2.05, 4.69) is 12.1 Å². The molecule has 26 heavy (non-hydrogen) atoms. The lowest BCUT2D eigenvalue weighted by Crippen LogP contribution is -2.33. The number of ether oxygens (including phenoxy) is 1. The lowest BCUT2D eigenvalue weighted by molar-refractivity contribution is 0.246. The molecule has 1 aromatic heterocycles. The zero-order chi connectivity index (χ0) is 17.8. The van der Waals surface area contributed by atoms with Gasteiger partial charge in [-0.1, -0.05) is 24.3 Å². The molecule has 0 spiro atoms. The van der Waals surface area contributed by atoms with Crippen LogP contribution in [0, 0.1) is 5.82 Å². The fourth-order valence-electron chi connectivity index (χ4n) is 4.13. The molecule has 0 N–H and O–H groups in total. The first kappa shape index (κ1) is 15.4. The highest BCUT2D eigenvalue weighted by Gasteiger charge is 2.29. The Bertz CT molecular complexity index is 1090. The zero-order valence-electron chi connectivity index (χ0n) is 14.5. The fraction of sp³-hybridized carbons (Fsp3) is 0.286. The number of pyridine rings is 1. The minimum Gasteiger partial charge on any atom is -0.487 e. The summed E-state index contributed by atoms with van der Waals surface area (Å²) in [5, 5.41) is 0.382. The summed E-state index contributed by atoms with van der Waals surface area (Å²) < 4.78 is 23.1. The van der Waals surface area contributed by atoms with Crippen molar-refractivity contribution in [3.8, 4) is 5.75 Å². The van der Waals surface area contributed by atoms with Gasteiger partial charge in [0.1, 0.15) is 12.3 Å². The van der Waals surface area contributed by atoms with E-state index in [0.29, 0.717) is 35.5 Å². The molecule has 0 saturated carbocycles. The quantitative estimate of drug-likeness (QED) is 0.672. The molecule has 0 radical (unpaired) electrons. The van der Waals surface area contributed by atoms with Crippen molar-refractivity contribution < 1.29 is 9.13 Å². The van der Waals surface area contributed by atoms with E-state index in [1.165, 1.54) is 23.3 Å². The van der Waals surface area contributed by atoms with Crippen LogP contribution in [0.1, 0.15) is 24.1 Å². The second kappa shape index (κ2) is 5.59. The Kier molecular flexibility index (Phi) is 3.32. The Balaban J connectivity index is 1.73. The molecule has 5 rings (SSSR count). The Morgan fingerprint density at radius 3 is 2.85 bits per heavy atom. The predicted molar refractivity (Wildman–Crippen MR) is 99.6 cm³/mol. The predicted octanol–water partition coefficient (Wildman–Crippen LogP) is 3.66. The molecule has 132 valence electrons. The highest BCUT2D eigenvalue weighted by Crippen LogP contribution is 2.42. The number of hydrogen-bond acceptors (Lipinski definition) is 3. The monoisotopic (exact) mass is 350 g/mol. The molecule has 0 aliphatic carbocycles. The first-order valence-corrected chi connectivity index (χ1v) is 8.95. The van der Waals surface area contributed by atoms with Crippen LogP contribution in [-0.2, 0) is 13.0 Å². The molecular weight excluding hydrogens is 331 g/mol. The van der Waals surface area contributed by atoms with Crippen LogP contribution in [0.25, 0.3) is 10.9 Å². The van der Waals surface area contributed by atoms with Gasteiger partial charge in [0.05, 0.1) is 16.9 Å². The van der Waals surface area contributed by atoms with Crippen molar-refractivity contribution in [3.63, 3.8) is 0 Å². The van der Waals surface area contributed by atoms with E-state index in [1.807, 2.05) is 28.5 Å². The number of benzene rings is 2. The van der Waals surface area contributed by atoms with Crippen molar-refractivity contribution in [2.75, 3.05) is 18.1 Å². The summed E-state index contributed by atoms with van der Waals surface area (Å²) in [5.41, 5.74) is 3.51. The third-order valence-electron chi connectivity index (χ3n) is 5.48. The number of halogens is 1. The second-order valence-corrected chi connectivity index (χ2v) is 7.12. The van der Waals surface area contributed by atoms with Gasteiger partial charge in [0.15, 0.2) is 17.0 Å². The normalized spacial score (nSPS) is 18.5. The second-order valence-electron chi connectivity index (χ2n) is 7.12. The van der Waals surface area contributed by atoms with E-state index >= 15 is 4.39 Å². The zero-order valence-corrected chi connectivity index (χ0v) is 14.5. The van der Waals surface area contributed by atoms with Crippen LogP contribution in [0.5, 0.6) is 5.75 Å². The van der Waals surface area contributed by atoms with Crippen LogP contribution < -0.4 is 15.1 Å². The highest BCUT2D eigenvalue weighted by molar-refractivity contribution is 5.92. The molecule has 2 aliphatic rings. The van der Waals surface area contributed by atoms with Gasteiger partial charge in [-0.25, -0.2) is 4.39 Å². The lowest BCUT2D eigenvalue weighted by atomic mass is 9.98. The van der Waals surface area contributed by atoms with Gasteiger partial charge in [0, 0.05) is 25.4 Å². The minimum atomic E-state index is -0.392. The van der Waals surface area contributed by atoms with Crippen LogP contribution in [0.3, 0.4) is 0 Å². The van der Waals surface area contributed by atoms with E-state index < -0.39 is 5.82 Å². The third kappa shape index (κ3) is 2.16. The van der Waals surface area contributed by atoms with Crippen molar-refractivity contribution >= 4 is 16.6 Å². The molecule has 4 nitrogen and oxygen atoms in total. The van der Waals surface area contributed by atoms with E-state index in [1.54, 1.807) is 6.20 Å². The van der Waals surface area contributed by atoms with Gasteiger partial charge in [-0.05, 0) is 30.5 Å². The molecule has 0 fully saturated rings. The molecule has 5 heteroatoms. The topological polar surface area (TPSA) is 34.5 Å². The van der Waals surface area contributed by atoms with Crippen molar-refractivity contribution in [2.24, 2.45) is 0 Å². The Hall–Kier alpha value is -2.82. The largest absolute Gasteiger partial charge is 0.487 e. The van der Waals surface area contributed by atoms with Gasteiger partial charge < -0.3 is 14.2 Å². The average molecular weight is 350 g/mol. The minimum absolute atomic E-state index is 0.103. The van der Waals surface area contributed by atoms with E-state index in [0.717, 1.165) is 13.0 Å². The number of rotatable bonds is 1. The Morgan fingerprint density at radius 1 is 1.19 bits per heavy atom. The van der Waals surface area contributed by atoms with E-state index in [-0.39, 0.29) is 11.5 Å². The third-order valence-corrected chi connectivity index (χ3v) is 5.48. The van der Waals surface area contributed by atoms with Crippen LogP contribution in [0.15, 0.2) is 47.4 Å². The molecule has 3 aromatic rings. The van der Waals surface area contributed by atoms with Crippen molar-refractivity contribution in [2.45, 2.75) is 25.9 Å². The van der Waals surface area contributed by atoms with Gasteiger partial charge in [0.2, 0.25) is 0 Å². The van der Waals surface area contributed by atoms with Gasteiger partial charge in [-0.15, -0.1) is 0 Å². The number of aromatic nitrogens is 1. The first-order chi connectivity index (χ1) is 12.6. The fourth-order valence-corrected chi connectivity index (χ4v) is 4.13. The summed E-state index contributed by atoms with van der Waals surface area (Å²) in [6.45, 7) is 3.86. The van der Waals surface area contributed by atoms with Crippen LogP contribution in [0.2, 0.25) is 0 Å². The molecule has 2 aromatic carbocycles. The SMILES string of the molecule is CC1COc2c(N3CCc4ccccc4C3)c(F)cc3c(=O)ccn1c23. The maximum absolute atomic E-state index is 15.1. The number of nitrogens with zero attached hydrogens (tertiary/aromatic N) is 2. The van der Waals surface area contributed by atoms with Crippen LogP contribution in [0.4, 0.5) is 10.1 Å². The molecule has 3 heterocycles. The van der Waals surface area contributed by atoms with Crippen LogP contribution >= 0.6 is 0 Å². The summed E-state index contributed by atoms with van der Waals surface area (Å²) in [7, 11) is 0. The standard InChI is InChI=1S/C21H19FN2O2/c1-13-12-26-21-19-16(18(25)7-9-24(13)19)10-17(22)20(21)23-8-6-14-4-2-3-5-15(14)11-23/h2-5,7,9-10,13H,6,8,11-12H2,1H3. The molecule has 1 atom stereocenters. The molecule has 0 saturated heterocycles. The summed E-state index contributed by atoms with van der Waals surface area (Å²) in [6, 6.07) is 11.2. The van der Waals surface area contributed by atoms with Crippen molar-refractivity contribution in [3.05, 3.63) is 69.8 Å². The maximum atomic E-state index is 15.1. The molecule has 1 unspecified atom stereocenters. The van der Waals surface area contributed by atoms with Gasteiger partial charge in [-0.2, -0.15) is 0 Å². The van der Waals surface area contributed by atoms with Gasteiger partial charge >= 0.3 is 0 Å². The van der Waals surface area contributed by atoms with Gasteiger partial charge in [-0.3, -0.25) is 4.79 Å². The van der Waals surface area contributed by atoms with Gasteiger partial charge in [0.25, 0.3) is 0 Å². The van der Waals surface area contributed by atoms with E-state index in [9.17, 15) is 4.79 Å². The molecular formula is C21H19FN2O2. The van der Waals surface area contributed by atoms with E-state index in [4.69, 9.17) is 4.74 Å².